The molecule has 10 heteroatoms. The van der Waals surface area contributed by atoms with Crippen molar-refractivity contribution < 1.29 is 36.6 Å². The lowest BCUT2D eigenvalue weighted by molar-refractivity contribution is -0.170. The molecule has 0 aromatic heterocycles. The molecule has 3 aromatic carbocycles. The number of nitrogens with zero attached hydrogens (tertiary/aromatic N) is 2. The van der Waals surface area contributed by atoms with Crippen molar-refractivity contribution >= 4 is 17.5 Å². The number of benzene rings is 3. The number of amides is 2. The number of hydrogen-bond acceptors (Lipinski definition) is 4. The Morgan fingerprint density at radius 3 is 2.11 bits per heavy atom. The fraction of sp³-hybridized carbons (Fsp3) is 0.259. The number of alkyl halides is 3. The Morgan fingerprint density at radius 1 is 0.892 bits per heavy atom. The van der Waals surface area contributed by atoms with Gasteiger partial charge in [-0.3, -0.25) is 9.59 Å². The first-order valence-electron chi connectivity index (χ1n) is 11.5. The van der Waals surface area contributed by atoms with Gasteiger partial charge in [-0.1, -0.05) is 12.1 Å². The van der Waals surface area contributed by atoms with Crippen LogP contribution in [0.1, 0.15) is 18.9 Å². The highest BCUT2D eigenvalue weighted by atomic mass is 19.4. The van der Waals surface area contributed by atoms with E-state index in [2.05, 4.69) is 0 Å². The van der Waals surface area contributed by atoms with Crippen molar-refractivity contribution in [1.29, 1.82) is 0 Å². The lowest BCUT2D eigenvalue weighted by Crippen LogP contribution is -2.44. The van der Waals surface area contributed by atoms with Gasteiger partial charge in [-0.05, 0) is 66.6 Å². The lowest BCUT2D eigenvalue weighted by atomic mass is 9.81. The van der Waals surface area contributed by atoms with Gasteiger partial charge in [0.2, 0.25) is 5.91 Å². The van der Waals surface area contributed by atoms with Gasteiger partial charge in [0.15, 0.2) is 11.5 Å². The molecule has 1 fully saturated rings. The maximum absolute atomic E-state index is 13.4. The number of fused-ring (bicyclic) bond motifs is 2. The third-order valence-corrected chi connectivity index (χ3v) is 6.70. The van der Waals surface area contributed by atoms with Crippen molar-refractivity contribution in [2.75, 3.05) is 24.5 Å². The minimum atomic E-state index is -5.03. The molecule has 1 atom stereocenters. The molecule has 5 rings (SSSR count). The Balaban J connectivity index is 1.48. The van der Waals surface area contributed by atoms with Gasteiger partial charge in [0.05, 0.1) is 0 Å². The first-order valence-corrected chi connectivity index (χ1v) is 11.5. The molecule has 2 heterocycles. The Morgan fingerprint density at radius 2 is 1.51 bits per heavy atom. The third kappa shape index (κ3) is 4.71. The van der Waals surface area contributed by atoms with Crippen molar-refractivity contribution in [3.8, 4) is 23.0 Å². The predicted molar refractivity (Wildman–Crippen MR) is 126 cm³/mol. The molecule has 0 saturated carbocycles. The maximum atomic E-state index is 13.4. The molecule has 2 aliphatic heterocycles. The molecule has 1 unspecified atom stereocenters. The van der Waals surface area contributed by atoms with Crippen LogP contribution in [-0.2, 0) is 15.0 Å². The second kappa shape index (κ2) is 9.10. The van der Waals surface area contributed by atoms with Crippen LogP contribution in [0.2, 0.25) is 0 Å². The van der Waals surface area contributed by atoms with Crippen molar-refractivity contribution in [2.24, 2.45) is 0 Å². The van der Waals surface area contributed by atoms with Crippen LogP contribution < -0.4 is 14.4 Å². The summed E-state index contributed by atoms with van der Waals surface area (Å²) in [5, 5.41) is 0. The summed E-state index contributed by atoms with van der Waals surface area (Å²) in [5.74, 6) is -1.13. The van der Waals surface area contributed by atoms with E-state index in [4.69, 9.17) is 9.47 Å². The van der Waals surface area contributed by atoms with Crippen LogP contribution in [0.5, 0.6) is 23.0 Å². The number of rotatable bonds is 4. The second-order valence-corrected chi connectivity index (χ2v) is 9.14. The van der Waals surface area contributed by atoms with E-state index in [1.54, 1.807) is 35.2 Å². The summed E-state index contributed by atoms with van der Waals surface area (Å²) < 4.78 is 65.3. The zero-order chi connectivity index (χ0) is 26.4. The lowest BCUT2D eigenvalue weighted by Gasteiger charge is -2.25. The topological polar surface area (TPSA) is 59.1 Å². The third-order valence-electron chi connectivity index (χ3n) is 6.70. The highest BCUT2D eigenvalue weighted by Crippen LogP contribution is 2.49. The van der Waals surface area contributed by atoms with E-state index >= 15 is 0 Å². The number of carbonyl (C=O) groups is 2. The molecule has 2 amide bonds. The molecule has 6 nitrogen and oxygen atoms in total. The number of anilines is 1. The largest absolute Gasteiger partial charge is 0.471 e. The van der Waals surface area contributed by atoms with E-state index in [-0.39, 0.29) is 24.7 Å². The summed E-state index contributed by atoms with van der Waals surface area (Å²) in [6, 6.07) is 16.8. The fourth-order valence-corrected chi connectivity index (χ4v) is 4.91. The molecule has 37 heavy (non-hydrogen) atoms. The molecule has 1 saturated heterocycles. The van der Waals surface area contributed by atoms with Crippen LogP contribution in [0.4, 0.5) is 23.2 Å². The summed E-state index contributed by atoms with van der Waals surface area (Å²) >= 11 is 0. The highest BCUT2D eigenvalue weighted by Gasteiger charge is 2.54. The number of carbonyl (C=O) groups excluding carboxylic acids is 2. The van der Waals surface area contributed by atoms with Gasteiger partial charge >= 0.3 is 12.1 Å². The fourth-order valence-electron chi connectivity index (χ4n) is 4.91. The summed E-state index contributed by atoms with van der Waals surface area (Å²) in [6.45, 7) is 1.80. The normalized spacial score (nSPS) is 18.7. The summed E-state index contributed by atoms with van der Waals surface area (Å²) in [6.07, 6.45) is -4.62. The number of hydrogen-bond donors (Lipinski definition) is 0. The van der Waals surface area contributed by atoms with E-state index in [1.165, 1.54) is 43.3 Å². The molecule has 0 N–H and O–H groups in total. The van der Waals surface area contributed by atoms with Crippen molar-refractivity contribution in [2.45, 2.75) is 24.9 Å². The smallest absolute Gasteiger partial charge is 0.453 e. The molecule has 3 aromatic rings. The first-order chi connectivity index (χ1) is 17.6. The standard InChI is InChI=1S/C27H22F4N2O4/c1-17(34)32-13-12-26(15-32)16-33(25(35)27(29,30)31)22-11-10-20(14-21(22)26)37-24-5-3-2-4-23(24)36-19-8-6-18(28)7-9-19/h2-11,14H,12-13,15-16H2,1H3. The van der Waals surface area contributed by atoms with E-state index in [0.29, 0.717) is 41.5 Å². The van der Waals surface area contributed by atoms with E-state index in [1.807, 2.05) is 0 Å². The molecule has 192 valence electrons. The monoisotopic (exact) mass is 514 g/mol. The number of ether oxygens (including phenoxy) is 2. The number of halogens is 4. The minimum Gasteiger partial charge on any atom is -0.453 e. The summed E-state index contributed by atoms with van der Waals surface area (Å²) in [4.78, 5) is 26.6. The van der Waals surface area contributed by atoms with Crippen LogP contribution >= 0.6 is 0 Å². The Bertz CT molecular complexity index is 1360. The first kappa shape index (κ1) is 24.6. The SMILES string of the molecule is CC(=O)N1CCC2(C1)CN(C(=O)C(F)(F)F)c1ccc(Oc3ccccc3Oc3ccc(F)cc3)cc12. The van der Waals surface area contributed by atoms with E-state index in [0.717, 1.165) is 4.90 Å². The van der Waals surface area contributed by atoms with Crippen LogP contribution in [0.25, 0.3) is 0 Å². The molecule has 0 bridgehead atoms. The van der Waals surface area contributed by atoms with Gasteiger partial charge in [0.25, 0.3) is 0 Å². The zero-order valence-corrected chi connectivity index (χ0v) is 19.7. The van der Waals surface area contributed by atoms with Crippen molar-refractivity contribution in [3.63, 3.8) is 0 Å². The Labute approximate surface area is 210 Å². The number of likely N-dealkylation sites (tertiary alicyclic amines) is 1. The van der Waals surface area contributed by atoms with Gasteiger partial charge in [0.1, 0.15) is 17.3 Å². The van der Waals surface area contributed by atoms with Crippen LogP contribution in [0.15, 0.2) is 66.7 Å². The average molecular weight is 514 g/mol. The quantitative estimate of drug-likeness (QED) is 0.413. The molecule has 0 radical (unpaired) electrons. The molecule has 2 aliphatic rings. The summed E-state index contributed by atoms with van der Waals surface area (Å²) in [5.41, 5.74) is -0.176. The van der Waals surface area contributed by atoms with Gasteiger partial charge < -0.3 is 19.3 Å². The second-order valence-electron chi connectivity index (χ2n) is 9.14. The molecular formula is C27H22F4N2O4. The van der Waals surface area contributed by atoms with Gasteiger partial charge in [-0.25, -0.2) is 4.39 Å². The number of para-hydroxylation sites is 2. The van der Waals surface area contributed by atoms with Crippen LogP contribution in [-0.4, -0.2) is 42.5 Å². The minimum absolute atomic E-state index is 0.149. The maximum Gasteiger partial charge on any atom is 0.471 e. The molecular weight excluding hydrogens is 492 g/mol. The van der Waals surface area contributed by atoms with E-state index in [9.17, 15) is 27.2 Å². The van der Waals surface area contributed by atoms with Crippen LogP contribution in [0, 0.1) is 5.82 Å². The zero-order valence-electron chi connectivity index (χ0n) is 19.7. The van der Waals surface area contributed by atoms with Crippen LogP contribution in [0.3, 0.4) is 0 Å². The van der Waals surface area contributed by atoms with Gasteiger partial charge in [-0.15, -0.1) is 0 Å². The van der Waals surface area contributed by atoms with Crippen molar-refractivity contribution in [3.05, 3.63) is 78.1 Å². The van der Waals surface area contributed by atoms with Crippen molar-refractivity contribution in [1.82, 2.24) is 4.90 Å². The van der Waals surface area contributed by atoms with Gasteiger partial charge in [-0.2, -0.15) is 13.2 Å². The molecule has 0 aliphatic carbocycles. The predicted octanol–water partition coefficient (Wildman–Crippen LogP) is 5.81. The van der Waals surface area contributed by atoms with Gasteiger partial charge in [0, 0.05) is 37.7 Å². The molecule has 1 spiro atoms. The Hall–Kier alpha value is -4.08. The van der Waals surface area contributed by atoms with E-state index < -0.39 is 23.3 Å². The average Bonchev–Trinajstić information content (AvgIpc) is 3.43. The Kier molecular flexibility index (Phi) is 6.05. The summed E-state index contributed by atoms with van der Waals surface area (Å²) in [7, 11) is 0. The highest BCUT2D eigenvalue weighted by molar-refractivity contribution is 6.00.